The van der Waals surface area contributed by atoms with Crippen molar-refractivity contribution >= 4 is 28.5 Å². The molecule has 23 heavy (non-hydrogen) atoms. The molecule has 1 aliphatic heterocycles. The molecule has 1 amide bonds. The van der Waals surface area contributed by atoms with Crippen LogP contribution in [-0.4, -0.2) is 64.4 Å². The molecule has 0 saturated carbocycles. The van der Waals surface area contributed by atoms with Gasteiger partial charge in [0.1, 0.15) is 0 Å². The average Bonchev–Trinajstić information content (AvgIpc) is 2.59. The van der Waals surface area contributed by atoms with Crippen molar-refractivity contribution in [3.63, 3.8) is 0 Å². The Balaban J connectivity index is 1.85. The van der Waals surface area contributed by atoms with Crippen LogP contribution < -0.4 is 14.8 Å². The predicted octanol–water partition coefficient (Wildman–Crippen LogP) is 1.76. The van der Waals surface area contributed by atoms with Gasteiger partial charge in [-0.2, -0.15) is 0 Å². The summed E-state index contributed by atoms with van der Waals surface area (Å²) in [5.41, 5.74) is 0.606. The summed E-state index contributed by atoms with van der Waals surface area (Å²) >= 11 is 2.14. The minimum Gasteiger partial charge on any atom is -0.493 e. The van der Waals surface area contributed by atoms with Crippen LogP contribution in [-0.2, 0) is 4.74 Å². The Morgan fingerprint density at radius 2 is 1.91 bits per heavy atom. The number of amides is 1. The molecule has 1 aliphatic rings. The molecule has 1 saturated heterocycles. The number of hydrogen-bond acceptors (Lipinski definition) is 5. The lowest BCUT2D eigenvalue weighted by Crippen LogP contribution is -2.38. The number of carbonyl (C=O) groups is 1. The lowest BCUT2D eigenvalue weighted by atomic mass is 10.2. The third-order valence-electron chi connectivity index (χ3n) is 3.76. The number of halogens is 1. The normalized spacial score (nSPS) is 15.3. The first kappa shape index (κ1) is 18.3. The molecular weight excluding hydrogens is 411 g/mol. The van der Waals surface area contributed by atoms with Crippen molar-refractivity contribution in [1.29, 1.82) is 0 Å². The molecule has 0 unspecified atom stereocenters. The zero-order valence-electron chi connectivity index (χ0n) is 13.6. The Bertz CT molecular complexity index is 533. The zero-order chi connectivity index (χ0) is 16.7. The smallest absolute Gasteiger partial charge is 0.252 e. The molecule has 1 aromatic rings. The summed E-state index contributed by atoms with van der Waals surface area (Å²) in [7, 11) is 3.15. The van der Waals surface area contributed by atoms with Crippen LogP contribution in [0.15, 0.2) is 12.1 Å². The summed E-state index contributed by atoms with van der Waals surface area (Å²) in [6, 6.07) is 3.53. The molecule has 0 radical (unpaired) electrons. The first-order valence-electron chi connectivity index (χ1n) is 7.65. The van der Waals surface area contributed by atoms with Crippen molar-refractivity contribution in [3.8, 4) is 11.5 Å². The van der Waals surface area contributed by atoms with Crippen molar-refractivity contribution in [1.82, 2.24) is 10.2 Å². The van der Waals surface area contributed by atoms with Gasteiger partial charge in [-0.15, -0.1) is 0 Å². The first-order chi connectivity index (χ1) is 11.2. The van der Waals surface area contributed by atoms with Gasteiger partial charge in [-0.25, -0.2) is 0 Å². The van der Waals surface area contributed by atoms with Gasteiger partial charge in [0.05, 0.1) is 33.0 Å². The van der Waals surface area contributed by atoms with E-state index in [2.05, 4.69) is 32.8 Å². The Morgan fingerprint density at radius 3 is 2.57 bits per heavy atom. The second-order valence-corrected chi connectivity index (χ2v) is 6.41. The third-order valence-corrected chi connectivity index (χ3v) is 4.65. The van der Waals surface area contributed by atoms with E-state index in [1.165, 1.54) is 0 Å². The van der Waals surface area contributed by atoms with E-state index in [4.69, 9.17) is 14.2 Å². The van der Waals surface area contributed by atoms with Crippen LogP contribution in [0.1, 0.15) is 16.8 Å². The van der Waals surface area contributed by atoms with Crippen LogP contribution in [0.5, 0.6) is 11.5 Å². The minimum absolute atomic E-state index is 0.0858. The van der Waals surface area contributed by atoms with Crippen molar-refractivity contribution in [2.75, 3.05) is 53.6 Å². The Labute approximate surface area is 150 Å². The van der Waals surface area contributed by atoms with E-state index in [1.807, 2.05) is 6.07 Å². The van der Waals surface area contributed by atoms with Crippen LogP contribution in [0.2, 0.25) is 0 Å². The number of carbonyl (C=O) groups excluding carboxylic acids is 1. The molecule has 0 spiro atoms. The molecule has 7 heteroatoms. The van der Waals surface area contributed by atoms with Gasteiger partial charge in [-0.1, -0.05) is 0 Å². The molecule has 128 valence electrons. The van der Waals surface area contributed by atoms with E-state index in [9.17, 15) is 4.79 Å². The second kappa shape index (κ2) is 9.29. The largest absolute Gasteiger partial charge is 0.493 e. The van der Waals surface area contributed by atoms with Crippen LogP contribution in [0.3, 0.4) is 0 Å². The maximum absolute atomic E-state index is 12.3. The Kier molecular flexibility index (Phi) is 7.38. The summed E-state index contributed by atoms with van der Waals surface area (Å²) in [6.07, 6.45) is 0.926. The molecule has 0 bridgehead atoms. The second-order valence-electron chi connectivity index (χ2n) is 5.25. The predicted molar refractivity (Wildman–Crippen MR) is 96.5 cm³/mol. The lowest BCUT2D eigenvalue weighted by molar-refractivity contribution is 0.0374. The van der Waals surface area contributed by atoms with Crippen molar-refractivity contribution in [2.24, 2.45) is 0 Å². The highest BCUT2D eigenvalue weighted by molar-refractivity contribution is 14.1. The number of hydrogen-bond donors (Lipinski definition) is 1. The molecule has 1 fully saturated rings. The molecule has 1 aromatic carbocycles. The average molecular weight is 434 g/mol. The molecule has 0 aliphatic carbocycles. The first-order valence-corrected chi connectivity index (χ1v) is 8.73. The maximum Gasteiger partial charge on any atom is 0.252 e. The van der Waals surface area contributed by atoms with E-state index in [-0.39, 0.29) is 5.91 Å². The number of benzene rings is 1. The molecule has 1 heterocycles. The maximum atomic E-state index is 12.3. The number of ether oxygens (including phenoxy) is 3. The van der Waals surface area contributed by atoms with E-state index >= 15 is 0 Å². The van der Waals surface area contributed by atoms with E-state index in [1.54, 1.807) is 20.3 Å². The fourth-order valence-electron chi connectivity index (χ4n) is 2.45. The van der Waals surface area contributed by atoms with Gasteiger partial charge in [0.15, 0.2) is 11.5 Å². The van der Waals surface area contributed by atoms with Gasteiger partial charge in [-0.05, 0) is 47.7 Å². The molecular formula is C16H23IN2O4. The number of rotatable bonds is 7. The summed E-state index contributed by atoms with van der Waals surface area (Å²) in [5, 5.41) is 2.97. The quantitative estimate of drug-likeness (QED) is 0.524. The fourth-order valence-corrected chi connectivity index (χ4v) is 3.14. The number of nitrogens with zero attached hydrogens (tertiary/aromatic N) is 1. The van der Waals surface area contributed by atoms with Crippen molar-refractivity contribution in [3.05, 3.63) is 21.3 Å². The monoisotopic (exact) mass is 434 g/mol. The zero-order valence-corrected chi connectivity index (χ0v) is 15.7. The van der Waals surface area contributed by atoms with Gasteiger partial charge >= 0.3 is 0 Å². The van der Waals surface area contributed by atoms with Gasteiger partial charge in [-0.3, -0.25) is 9.69 Å². The van der Waals surface area contributed by atoms with Crippen molar-refractivity contribution < 1.29 is 19.0 Å². The Hall–Kier alpha value is -1.06. The minimum atomic E-state index is -0.0858. The van der Waals surface area contributed by atoms with Crippen LogP contribution in [0.4, 0.5) is 0 Å². The summed E-state index contributed by atoms with van der Waals surface area (Å²) in [6.45, 7) is 5.18. The van der Waals surface area contributed by atoms with Crippen LogP contribution in [0, 0.1) is 3.57 Å². The van der Waals surface area contributed by atoms with E-state index < -0.39 is 0 Å². The van der Waals surface area contributed by atoms with Gasteiger partial charge in [0, 0.05) is 23.2 Å². The van der Waals surface area contributed by atoms with Crippen molar-refractivity contribution in [2.45, 2.75) is 6.42 Å². The highest BCUT2D eigenvalue weighted by atomic mass is 127. The number of nitrogens with one attached hydrogen (secondary N) is 1. The number of morpholine rings is 1. The number of methoxy groups -OCH3 is 2. The lowest BCUT2D eigenvalue weighted by Gasteiger charge is -2.26. The molecule has 1 N–H and O–H groups in total. The molecule has 0 atom stereocenters. The molecule has 2 rings (SSSR count). The standard InChI is InChI=1S/C16H23IN2O4/c1-21-14-10-12(13(17)11-15(14)22-2)16(20)18-4-3-5-19-6-8-23-9-7-19/h10-11H,3-9H2,1-2H3,(H,18,20). The summed E-state index contributed by atoms with van der Waals surface area (Å²) in [5.74, 6) is 1.10. The van der Waals surface area contributed by atoms with E-state index in [0.717, 1.165) is 42.8 Å². The molecule has 0 aromatic heterocycles. The van der Waals surface area contributed by atoms with Crippen LogP contribution in [0.25, 0.3) is 0 Å². The Morgan fingerprint density at radius 1 is 1.26 bits per heavy atom. The van der Waals surface area contributed by atoms with E-state index in [0.29, 0.717) is 23.6 Å². The summed E-state index contributed by atoms with van der Waals surface area (Å²) in [4.78, 5) is 14.7. The topological polar surface area (TPSA) is 60.0 Å². The molecule has 6 nitrogen and oxygen atoms in total. The summed E-state index contributed by atoms with van der Waals surface area (Å²) < 4.78 is 16.7. The van der Waals surface area contributed by atoms with Gasteiger partial charge < -0.3 is 19.5 Å². The third kappa shape index (κ3) is 5.22. The van der Waals surface area contributed by atoms with Gasteiger partial charge in [0.2, 0.25) is 0 Å². The SMILES string of the molecule is COc1cc(I)c(C(=O)NCCCN2CCOCC2)cc1OC. The van der Waals surface area contributed by atoms with Gasteiger partial charge in [0.25, 0.3) is 5.91 Å². The van der Waals surface area contributed by atoms with Crippen LogP contribution >= 0.6 is 22.6 Å². The fraction of sp³-hybridized carbons (Fsp3) is 0.562. The highest BCUT2D eigenvalue weighted by Crippen LogP contribution is 2.31. The highest BCUT2D eigenvalue weighted by Gasteiger charge is 2.15.